The molecule has 12 heteroatoms. The number of carbonyl (C=O) groups excluding carboxylic acids is 4. The van der Waals surface area contributed by atoms with Gasteiger partial charge in [-0.25, -0.2) is 0 Å². The summed E-state index contributed by atoms with van der Waals surface area (Å²) in [5.41, 5.74) is 6.71. The molecular weight excluding hydrogens is 592 g/mol. The lowest BCUT2D eigenvalue weighted by Gasteiger charge is -2.20. The molecule has 5 N–H and O–H groups in total. The maximum Gasteiger partial charge on any atom is 0.261 e. The Morgan fingerprint density at radius 1 is 0.717 bits per heavy atom. The van der Waals surface area contributed by atoms with Gasteiger partial charge in [0, 0.05) is 12.0 Å². The fraction of sp³-hybridized carbons (Fsp3) is 0.176. The molecular formula is C34H34N4O8. The van der Waals surface area contributed by atoms with E-state index in [0.29, 0.717) is 33.9 Å². The van der Waals surface area contributed by atoms with Crippen LogP contribution in [0.15, 0.2) is 91.0 Å². The summed E-state index contributed by atoms with van der Waals surface area (Å²) in [5, 5.41) is 15.1. The number of benzene rings is 4. The highest BCUT2D eigenvalue weighted by Crippen LogP contribution is 2.27. The number of phenolic OH excluding ortho intramolecular Hbond substituents is 1. The van der Waals surface area contributed by atoms with Gasteiger partial charge in [-0.2, -0.15) is 0 Å². The number of aromatic hydroxyl groups is 1. The summed E-state index contributed by atoms with van der Waals surface area (Å²) >= 11 is 0. The van der Waals surface area contributed by atoms with E-state index in [1.54, 1.807) is 72.8 Å². The molecule has 4 rings (SSSR count). The Bertz CT molecular complexity index is 1690. The average Bonchev–Trinajstić information content (AvgIpc) is 3.07. The Morgan fingerprint density at radius 3 is 2.07 bits per heavy atom. The maximum atomic E-state index is 13.5. The van der Waals surface area contributed by atoms with E-state index in [2.05, 4.69) is 21.5 Å². The minimum Gasteiger partial charge on any atom is -0.508 e. The van der Waals surface area contributed by atoms with E-state index in [1.807, 2.05) is 0 Å². The third-order valence-electron chi connectivity index (χ3n) is 6.91. The average molecular weight is 627 g/mol. The van der Waals surface area contributed by atoms with Gasteiger partial charge in [0.25, 0.3) is 17.7 Å². The second-order valence-corrected chi connectivity index (χ2v) is 10.0. The smallest absolute Gasteiger partial charge is 0.261 e. The number of rotatable bonds is 12. The lowest BCUT2D eigenvalue weighted by atomic mass is 10.0. The van der Waals surface area contributed by atoms with Crippen molar-refractivity contribution in [3.63, 3.8) is 0 Å². The Morgan fingerprint density at radius 2 is 1.39 bits per heavy atom. The predicted octanol–water partition coefficient (Wildman–Crippen LogP) is 3.40. The number of ether oxygens (including phenoxy) is 3. The van der Waals surface area contributed by atoms with Crippen LogP contribution >= 0.6 is 0 Å². The molecule has 0 fully saturated rings. The summed E-state index contributed by atoms with van der Waals surface area (Å²) in [7, 11) is 4.51. The molecule has 0 unspecified atom stereocenters. The fourth-order valence-corrected chi connectivity index (χ4v) is 4.48. The Kier molecular flexibility index (Phi) is 11.2. The minimum absolute atomic E-state index is 0.0315. The normalized spacial score (nSPS) is 11.0. The van der Waals surface area contributed by atoms with Crippen molar-refractivity contribution in [1.82, 2.24) is 16.2 Å². The zero-order valence-corrected chi connectivity index (χ0v) is 25.5. The van der Waals surface area contributed by atoms with Crippen LogP contribution in [0.2, 0.25) is 0 Å². The quantitative estimate of drug-likeness (QED) is 0.149. The molecule has 12 nitrogen and oxygen atoms in total. The molecule has 0 aliphatic carbocycles. The van der Waals surface area contributed by atoms with E-state index in [1.165, 1.54) is 39.5 Å². The summed E-state index contributed by atoms with van der Waals surface area (Å²) < 4.78 is 15.6. The lowest BCUT2D eigenvalue weighted by Crippen LogP contribution is -2.53. The van der Waals surface area contributed by atoms with Crippen LogP contribution in [-0.2, 0) is 22.4 Å². The second kappa shape index (κ2) is 15.6. The second-order valence-electron chi connectivity index (χ2n) is 10.0. The SMILES string of the molecule is COc1ccc(C(=O)Nc2ccccc2C(=O)N[C@@H](Cc2ccc(O)cc2)C(=O)NNC(=O)Cc2ccc(OC)c(OC)c2)cc1. The van der Waals surface area contributed by atoms with Gasteiger partial charge in [-0.15, -0.1) is 0 Å². The van der Waals surface area contributed by atoms with Gasteiger partial charge in [0.2, 0.25) is 5.91 Å². The molecule has 0 heterocycles. The third kappa shape index (κ3) is 8.76. The van der Waals surface area contributed by atoms with Gasteiger partial charge in [0.05, 0.1) is 39.0 Å². The number of amides is 4. The van der Waals surface area contributed by atoms with Crippen molar-refractivity contribution in [1.29, 1.82) is 0 Å². The largest absolute Gasteiger partial charge is 0.508 e. The monoisotopic (exact) mass is 626 g/mol. The molecule has 0 bridgehead atoms. The third-order valence-corrected chi connectivity index (χ3v) is 6.91. The molecule has 0 aromatic heterocycles. The van der Waals surface area contributed by atoms with E-state index < -0.39 is 29.7 Å². The van der Waals surface area contributed by atoms with Crippen molar-refractivity contribution >= 4 is 29.3 Å². The van der Waals surface area contributed by atoms with Crippen LogP contribution in [0.1, 0.15) is 31.8 Å². The van der Waals surface area contributed by atoms with Gasteiger partial charge in [-0.3, -0.25) is 30.0 Å². The van der Waals surface area contributed by atoms with E-state index in [4.69, 9.17) is 14.2 Å². The highest BCUT2D eigenvalue weighted by molar-refractivity contribution is 6.09. The summed E-state index contributed by atoms with van der Waals surface area (Å²) in [5.74, 6) is -0.698. The summed E-state index contributed by atoms with van der Waals surface area (Å²) in [6.07, 6.45) is -0.0410. The molecule has 0 spiro atoms. The van der Waals surface area contributed by atoms with E-state index in [0.717, 1.165) is 0 Å². The molecule has 0 aliphatic rings. The molecule has 0 saturated carbocycles. The number of carbonyl (C=O) groups is 4. The molecule has 4 aromatic carbocycles. The number of hydrazine groups is 1. The number of anilines is 1. The predicted molar refractivity (Wildman–Crippen MR) is 170 cm³/mol. The highest BCUT2D eigenvalue weighted by atomic mass is 16.5. The Balaban J connectivity index is 1.47. The van der Waals surface area contributed by atoms with E-state index in [-0.39, 0.29) is 29.8 Å². The van der Waals surface area contributed by atoms with Crippen LogP contribution in [0.5, 0.6) is 23.0 Å². The zero-order chi connectivity index (χ0) is 33.1. The van der Waals surface area contributed by atoms with Crippen molar-refractivity contribution in [3.8, 4) is 23.0 Å². The fourth-order valence-electron chi connectivity index (χ4n) is 4.48. The first-order chi connectivity index (χ1) is 22.2. The Hall–Kier alpha value is -6.04. The summed E-state index contributed by atoms with van der Waals surface area (Å²) in [4.78, 5) is 52.4. The molecule has 46 heavy (non-hydrogen) atoms. The highest BCUT2D eigenvalue weighted by Gasteiger charge is 2.24. The van der Waals surface area contributed by atoms with Crippen LogP contribution < -0.4 is 35.7 Å². The minimum atomic E-state index is -1.15. The molecule has 4 aromatic rings. The van der Waals surface area contributed by atoms with Crippen molar-refractivity contribution in [2.75, 3.05) is 26.6 Å². The number of nitrogens with one attached hydrogen (secondary N) is 4. The molecule has 238 valence electrons. The van der Waals surface area contributed by atoms with Crippen molar-refractivity contribution in [2.45, 2.75) is 18.9 Å². The van der Waals surface area contributed by atoms with Gasteiger partial charge < -0.3 is 30.0 Å². The topological polar surface area (TPSA) is 164 Å². The van der Waals surface area contributed by atoms with Crippen LogP contribution in [0.3, 0.4) is 0 Å². The van der Waals surface area contributed by atoms with Gasteiger partial charge in [0.1, 0.15) is 17.5 Å². The zero-order valence-electron chi connectivity index (χ0n) is 25.5. The standard InChI is InChI=1S/C34H34N4O8/c1-44-25-15-11-23(12-16-25)32(41)35-27-7-5-4-6-26(27)33(42)36-28(18-21-8-13-24(39)14-9-21)34(43)38-37-31(40)20-22-10-17-29(45-2)30(19-22)46-3/h4-17,19,28,39H,18,20H2,1-3H3,(H,35,41)(H,36,42)(H,37,40)(H,38,43)/t28-/m0/s1. The van der Waals surface area contributed by atoms with Gasteiger partial charge in [0.15, 0.2) is 11.5 Å². The first-order valence-electron chi connectivity index (χ1n) is 14.1. The van der Waals surface area contributed by atoms with Crippen molar-refractivity contribution < 1.29 is 38.5 Å². The first-order valence-corrected chi connectivity index (χ1v) is 14.1. The van der Waals surface area contributed by atoms with Gasteiger partial charge in [-0.1, -0.05) is 30.3 Å². The first kappa shape index (κ1) is 32.9. The van der Waals surface area contributed by atoms with Gasteiger partial charge in [-0.05, 0) is 71.8 Å². The Labute approximate surface area is 265 Å². The van der Waals surface area contributed by atoms with E-state index in [9.17, 15) is 24.3 Å². The van der Waals surface area contributed by atoms with Crippen LogP contribution in [0.25, 0.3) is 0 Å². The number of para-hydroxylation sites is 1. The molecule has 4 amide bonds. The lowest BCUT2D eigenvalue weighted by molar-refractivity contribution is -0.129. The maximum absolute atomic E-state index is 13.5. The van der Waals surface area contributed by atoms with Crippen molar-refractivity contribution in [3.05, 3.63) is 113 Å². The molecule has 0 saturated heterocycles. The van der Waals surface area contributed by atoms with Crippen LogP contribution in [-0.4, -0.2) is 56.1 Å². The summed E-state index contributed by atoms with van der Waals surface area (Å²) in [6.45, 7) is 0. The molecule has 1 atom stereocenters. The number of hydrogen-bond acceptors (Lipinski definition) is 8. The summed E-state index contributed by atoms with van der Waals surface area (Å²) in [6, 6.07) is 22.9. The molecule has 0 radical (unpaired) electrons. The van der Waals surface area contributed by atoms with Crippen LogP contribution in [0, 0.1) is 0 Å². The molecule has 0 aliphatic heterocycles. The van der Waals surface area contributed by atoms with E-state index >= 15 is 0 Å². The van der Waals surface area contributed by atoms with Crippen LogP contribution in [0.4, 0.5) is 5.69 Å². The number of hydrogen-bond donors (Lipinski definition) is 5. The number of methoxy groups -OCH3 is 3. The van der Waals surface area contributed by atoms with Crippen molar-refractivity contribution in [2.24, 2.45) is 0 Å². The number of phenols is 1. The van der Waals surface area contributed by atoms with Gasteiger partial charge >= 0.3 is 0 Å².